The highest BCUT2D eigenvalue weighted by Crippen LogP contribution is 2.25. The van der Waals surface area contributed by atoms with Crippen LogP contribution in [0.2, 0.25) is 0 Å². The lowest BCUT2D eigenvalue weighted by Gasteiger charge is -2.30. The van der Waals surface area contributed by atoms with Gasteiger partial charge in [-0.05, 0) is 26.7 Å². The van der Waals surface area contributed by atoms with Gasteiger partial charge in [-0.1, -0.05) is 0 Å². The Kier molecular flexibility index (Phi) is 5.65. The molecule has 4 heteroatoms. The summed E-state index contributed by atoms with van der Waals surface area (Å²) in [5, 5.41) is 0. The van der Waals surface area contributed by atoms with Gasteiger partial charge in [0.05, 0.1) is 13.0 Å². The summed E-state index contributed by atoms with van der Waals surface area (Å²) in [6, 6.07) is 0. The zero-order valence-corrected chi connectivity index (χ0v) is 9.53. The second kappa shape index (κ2) is 6.80. The van der Waals surface area contributed by atoms with Gasteiger partial charge in [-0.25, -0.2) is 0 Å². The Morgan fingerprint density at radius 1 is 1.40 bits per heavy atom. The summed E-state index contributed by atoms with van der Waals surface area (Å²) >= 11 is 0. The summed E-state index contributed by atoms with van der Waals surface area (Å²) in [7, 11) is 0. The Morgan fingerprint density at radius 3 is 2.87 bits per heavy atom. The summed E-state index contributed by atoms with van der Waals surface area (Å²) in [5.41, 5.74) is 0. The fraction of sp³-hybridized carbons (Fsp3) is 0.909. The van der Waals surface area contributed by atoms with E-state index in [9.17, 15) is 4.79 Å². The van der Waals surface area contributed by atoms with Gasteiger partial charge in [-0.15, -0.1) is 0 Å². The maximum atomic E-state index is 11.3. The third-order valence-electron chi connectivity index (χ3n) is 2.45. The molecule has 0 aromatic rings. The largest absolute Gasteiger partial charge is 0.466 e. The molecule has 0 amide bonds. The first-order valence-electron chi connectivity index (χ1n) is 5.66. The van der Waals surface area contributed by atoms with Crippen molar-refractivity contribution in [3.05, 3.63) is 0 Å². The highest BCUT2D eigenvalue weighted by Gasteiger charge is 2.28. The Bertz CT molecular complexity index is 191. The molecule has 0 aromatic carbocycles. The van der Waals surface area contributed by atoms with Crippen molar-refractivity contribution in [2.75, 3.05) is 19.8 Å². The fourth-order valence-electron chi connectivity index (χ4n) is 1.80. The van der Waals surface area contributed by atoms with Gasteiger partial charge in [0.15, 0.2) is 6.29 Å². The van der Waals surface area contributed by atoms with E-state index in [0.717, 1.165) is 19.4 Å². The van der Waals surface area contributed by atoms with Crippen LogP contribution in [0.15, 0.2) is 0 Å². The summed E-state index contributed by atoms with van der Waals surface area (Å²) in [6.45, 7) is 5.52. The maximum absolute atomic E-state index is 11.3. The van der Waals surface area contributed by atoms with E-state index >= 15 is 0 Å². The van der Waals surface area contributed by atoms with E-state index in [1.807, 2.05) is 13.8 Å². The number of esters is 1. The van der Waals surface area contributed by atoms with Crippen LogP contribution in [0.4, 0.5) is 0 Å². The van der Waals surface area contributed by atoms with Crippen LogP contribution in [0.5, 0.6) is 0 Å². The van der Waals surface area contributed by atoms with E-state index in [0.29, 0.717) is 19.6 Å². The van der Waals surface area contributed by atoms with E-state index in [1.54, 1.807) is 0 Å². The molecule has 0 aromatic heterocycles. The zero-order chi connectivity index (χ0) is 11.1. The molecule has 1 heterocycles. The average Bonchev–Trinajstić information content (AvgIpc) is 2.21. The monoisotopic (exact) mass is 216 g/mol. The second-order valence-corrected chi connectivity index (χ2v) is 3.61. The van der Waals surface area contributed by atoms with Gasteiger partial charge in [0, 0.05) is 19.1 Å². The van der Waals surface area contributed by atoms with Crippen molar-refractivity contribution in [3.8, 4) is 0 Å². The predicted molar refractivity (Wildman–Crippen MR) is 55.3 cm³/mol. The third kappa shape index (κ3) is 4.18. The molecule has 15 heavy (non-hydrogen) atoms. The van der Waals surface area contributed by atoms with Crippen molar-refractivity contribution in [2.24, 2.45) is 5.92 Å². The van der Waals surface area contributed by atoms with Gasteiger partial charge in [-0.3, -0.25) is 4.79 Å². The summed E-state index contributed by atoms with van der Waals surface area (Å²) in [5.74, 6) is -0.00421. The zero-order valence-electron chi connectivity index (χ0n) is 9.53. The van der Waals surface area contributed by atoms with Crippen LogP contribution in [-0.2, 0) is 19.0 Å². The molecular formula is C11H20O4. The van der Waals surface area contributed by atoms with Crippen LogP contribution in [0.25, 0.3) is 0 Å². The van der Waals surface area contributed by atoms with Crippen LogP contribution in [0, 0.1) is 5.92 Å². The molecule has 0 bridgehead atoms. The maximum Gasteiger partial charge on any atom is 0.306 e. The van der Waals surface area contributed by atoms with Crippen molar-refractivity contribution >= 4 is 5.97 Å². The van der Waals surface area contributed by atoms with Gasteiger partial charge in [0.25, 0.3) is 0 Å². The van der Waals surface area contributed by atoms with Crippen LogP contribution in [-0.4, -0.2) is 32.1 Å². The minimum atomic E-state index is -0.229. The molecule has 4 nitrogen and oxygen atoms in total. The minimum Gasteiger partial charge on any atom is -0.466 e. The fourth-order valence-corrected chi connectivity index (χ4v) is 1.80. The first-order chi connectivity index (χ1) is 7.27. The van der Waals surface area contributed by atoms with Crippen molar-refractivity contribution < 1.29 is 19.0 Å². The highest BCUT2D eigenvalue weighted by atomic mass is 16.7. The summed E-state index contributed by atoms with van der Waals surface area (Å²) in [4.78, 5) is 11.3. The predicted octanol–water partition coefficient (Wildman–Crippen LogP) is 1.73. The van der Waals surface area contributed by atoms with Crippen LogP contribution < -0.4 is 0 Å². The van der Waals surface area contributed by atoms with Crippen molar-refractivity contribution in [1.29, 1.82) is 0 Å². The second-order valence-electron chi connectivity index (χ2n) is 3.61. The number of hydrogen-bond acceptors (Lipinski definition) is 4. The first kappa shape index (κ1) is 12.5. The molecule has 0 saturated carbocycles. The summed E-state index contributed by atoms with van der Waals surface area (Å²) in [6.07, 6.45) is 2.14. The lowest BCUT2D eigenvalue weighted by molar-refractivity contribution is -0.195. The standard InChI is InChI=1S/C11H20O4/c1-3-13-10(12)8-9-6-5-7-15-11(9)14-4-2/h9,11H,3-8H2,1-2H3/t9-,11-/m1/s1. The topological polar surface area (TPSA) is 44.8 Å². The lowest BCUT2D eigenvalue weighted by Crippen LogP contribution is -2.33. The van der Waals surface area contributed by atoms with E-state index in [4.69, 9.17) is 14.2 Å². The Labute approximate surface area is 90.9 Å². The van der Waals surface area contributed by atoms with Crippen molar-refractivity contribution in [1.82, 2.24) is 0 Å². The van der Waals surface area contributed by atoms with E-state index < -0.39 is 0 Å². The van der Waals surface area contributed by atoms with Gasteiger partial charge < -0.3 is 14.2 Å². The molecule has 88 valence electrons. The van der Waals surface area contributed by atoms with Gasteiger partial charge in [0.2, 0.25) is 0 Å². The van der Waals surface area contributed by atoms with E-state index in [2.05, 4.69) is 0 Å². The normalized spacial score (nSPS) is 26.3. The SMILES string of the molecule is CCOC(=O)C[C@H]1CCCO[C@H]1OCC. The molecular weight excluding hydrogens is 196 g/mol. The highest BCUT2D eigenvalue weighted by molar-refractivity contribution is 5.69. The van der Waals surface area contributed by atoms with Crippen LogP contribution in [0.1, 0.15) is 33.1 Å². The minimum absolute atomic E-state index is 0.151. The number of hydrogen-bond donors (Lipinski definition) is 0. The molecule has 0 spiro atoms. The summed E-state index contributed by atoms with van der Waals surface area (Å²) < 4.78 is 15.8. The molecule has 0 aliphatic carbocycles. The van der Waals surface area contributed by atoms with E-state index in [1.165, 1.54) is 0 Å². The van der Waals surface area contributed by atoms with Crippen LogP contribution in [0.3, 0.4) is 0 Å². The Hall–Kier alpha value is -0.610. The molecule has 1 aliphatic rings. The number of rotatable bonds is 5. The quantitative estimate of drug-likeness (QED) is 0.656. The molecule has 1 saturated heterocycles. The first-order valence-corrected chi connectivity index (χ1v) is 5.66. The van der Waals surface area contributed by atoms with E-state index in [-0.39, 0.29) is 18.2 Å². The van der Waals surface area contributed by atoms with Crippen LogP contribution >= 0.6 is 0 Å². The molecule has 1 rings (SSSR count). The average molecular weight is 216 g/mol. The third-order valence-corrected chi connectivity index (χ3v) is 2.45. The Morgan fingerprint density at radius 2 is 2.20 bits per heavy atom. The molecule has 1 aliphatic heterocycles. The molecule has 0 N–H and O–H groups in total. The molecule has 0 radical (unpaired) electrons. The van der Waals surface area contributed by atoms with Crippen molar-refractivity contribution in [3.63, 3.8) is 0 Å². The number of carbonyl (C=O) groups excluding carboxylic acids is 1. The number of carbonyl (C=O) groups is 1. The van der Waals surface area contributed by atoms with Crippen molar-refractivity contribution in [2.45, 2.75) is 39.4 Å². The molecule has 1 fully saturated rings. The van der Waals surface area contributed by atoms with Gasteiger partial charge in [0.1, 0.15) is 0 Å². The molecule has 2 atom stereocenters. The smallest absolute Gasteiger partial charge is 0.306 e. The Balaban J connectivity index is 2.38. The lowest BCUT2D eigenvalue weighted by atomic mass is 9.97. The number of ether oxygens (including phenoxy) is 3. The van der Waals surface area contributed by atoms with Gasteiger partial charge >= 0.3 is 5.97 Å². The molecule has 0 unspecified atom stereocenters. The van der Waals surface area contributed by atoms with Gasteiger partial charge in [-0.2, -0.15) is 0 Å².